The summed E-state index contributed by atoms with van der Waals surface area (Å²) in [6, 6.07) is 0. The predicted molar refractivity (Wildman–Crippen MR) is 435 cm³/mol. The molecule has 0 spiro atoms. The molecule has 2 fully saturated rings. The molecule has 13 atom stereocenters. The Bertz CT molecular complexity index is 3990. The molecule has 3 heterocycles. The monoisotopic (exact) mass is 1900 g/mol. The zero-order valence-corrected chi connectivity index (χ0v) is 78.0. The standard InChI is InChI=1S/C80H119Br2N3O35P2/c1-22-31-107-65(94)74(9,47-76(11,67(96)110-38-36-105-57(88)44-53(3)86)49-79(14,81)70(99)112-40-42-118-121(101,102)116-34-29-84(16,17)18)27-26-72(5,6)63(92)114-51-78(13,69(98)109-33-28-83-61(90)59-55-24-25-56(120-55)60(59)62(83)91)52-115-64(93)73(7,8)46-75(10,66(95)108-32-23-2)48-77(12,68(97)111-39-37-106-58(89)45-54(4)87)50-80(15,82)71(100)113-41-43-119-122(103,104)117-35-30-85(19,20)21/h1-2,24-25,55-56,59-60H,26-52H2,3-21H3/p+2. The molecule has 2 N–H and O–H groups in total. The molecule has 688 valence electrons. The fourth-order valence-electron chi connectivity index (χ4n) is 13.8. The first-order valence-electron chi connectivity index (χ1n) is 39.0. The molecule has 13 unspecified atom stereocenters. The van der Waals surface area contributed by atoms with E-state index in [4.69, 9.17) is 87.8 Å². The third-order valence-corrected chi connectivity index (χ3v) is 23.1. The van der Waals surface area contributed by atoms with Crippen LogP contribution in [-0.2, 0) is 156 Å². The number of phosphoric acid groups is 2. The van der Waals surface area contributed by atoms with Crippen LogP contribution in [0.5, 0.6) is 0 Å². The minimum atomic E-state index is -4.63. The fraction of sp³-hybridized carbons (Fsp3) is 0.738. The first-order valence-corrected chi connectivity index (χ1v) is 43.6. The average molecular weight is 1910 g/mol. The molecule has 2 bridgehead atoms. The van der Waals surface area contributed by atoms with Gasteiger partial charge in [-0.05, 0) is 135 Å². The van der Waals surface area contributed by atoms with Gasteiger partial charge in [0.05, 0.1) is 119 Å². The lowest BCUT2D eigenvalue weighted by Gasteiger charge is -2.41. The smallest absolute Gasteiger partial charge is 0.464 e. The van der Waals surface area contributed by atoms with Crippen molar-refractivity contribution in [2.24, 2.45) is 49.7 Å². The van der Waals surface area contributed by atoms with Gasteiger partial charge in [0.2, 0.25) is 11.8 Å². The van der Waals surface area contributed by atoms with Gasteiger partial charge in [-0.2, -0.15) is 0 Å². The molecular weight excluding hydrogens is 1780 g/mol. The Balaban J connectivity index is 2.10. The number of amides is 2. The molecule has 2 amide bonds. The number of hydrogen-bond donors (Lipinski definition) is 2. The van der Waals surface area contributed by atoms with E-state index in [0.717, 1.165) is 18.7 Å². The van der Waals surface area contributed by atoms with E-state index in [1.165, 1.54) is 76.2 Å². The molecule has 38 nitrogen and oxygen atoms in total. The zero-order chi connectivity index (χ0) is 93.3. The summed E-state index contributed by atoms with van der Waals surface area (Å²) in [5.74, 6) is -11.2. The van der Waals surface area contributed by atoms with Gasteiger partial charge in [0, 0.05) is 0 Å². The Morgan fingerprint density at radius 2 is 0.738 bits per heavy atom. The van der Waals surface area contributed by atoms with Crippen molar-refractivity contribution in [3.63, 3.8) is 0 Å². The fourth-order valence-corrected chi connectivity index (χ4v) is 16.6. The highest BCUT2D eigenvalue weighted by atomic mass is 79.9. The number of fused-ring (bicyclic) bond motifs is 5. The van der Waals surface area contributed by atoms with Crippen LogP contribution < -0.4 is 0 Å². The van der Waals surface area contributed by atoms with Crippen LogP contribution in [0.1, 0.15) is 148 Å². The molecule has 3 aliphatic rings. The van der Waals surface area contributed by atoms with Crippen molar-refractivity contribution >= 4 is 137 Å². The first-order chi connectivity index (χ1) is 55.9. The van der Waals surface area contributed by atoms with Gasteiger partial charge in [-0.3, -0.25) is 94.9 Å². The second-order valence-corrected chi connectivity index (χ2v) is 42.0. The highest BCUT2D eigenvalue weighted by Crippen LogP contribution is 2.52. The molecule has 122 heavy (non-hydrogen) atoms. The Labute approximate surface area is 728 Å². The second kappa shape index (κ2) is 45.6. The molecule has 3 rings (SSSR count). The number of carbonyl (C=O) groups is 15. The largest absolute Gasteiger partial charge is 0.472 e. The number of terminal acetylenes is 2. The number of carbonyl (C=O) groups excluding carboxylic acids is 15. The summed E-state index contributed by atoms with van der Waals surface area (Å²) in [4.78, 5) is 228. The van der Waals surface area contributed by atoms with Crippen molar-refractivity contribution in [3.05, 3.63) is 12.2 Å². The molecular formula is C80H121Br2N3O35P2+2. The van der Waals surface area contributed by atoms with Gasteiger partial charge in [0.15, 0.2) is 13.2 Å². The third kappa shape index (κ3) is 34.8. The van der Waals surface area contributed by atoms with Crippen molar-refractivity contribution < 1.29 is 175 Å². The number of ketones is 2. The summed E-state index contributed by atoms with van der Waals surface area (Å²) in [6.45, 7) is 8.09. The van der Waals surface area contributed by atoms with E-state index in [0.29, 0.717) is 22.1 Å². The van der Waals surface area contributed by atoms with Gasteiger partial charge in [-0.1, -0.05) is 55.9 Å². The van der Waals surface area contributed by atoms with Gasteiger partial charge < -0.3 is 75.6 Å². The van der Waals surface area contributed by atoms with Crippen LogP contribution in [0.4, 0.5) is 0 Å². The number of hydrogen-bond acceptors (Lipinski definition) is 33. The Morgan fingerprint density at radius 3 is 1.12 bits per heavy atom. The van der Waals surface area contributed by atoms with Gasteiger partial charge >= 0.3 is 81.3 Å². The molecule has 3 aliphatic heterocycles. The van der Waals surface area contributed by atoms with Crippen LogP contribution >= 0.6 is 47.5 Å². The number of quaternary nitrogens is 2. The van der Waals surface area contributed by atoms with Crippen molar-refractivity contribution in [2.45, 2.75) is 169 Å². The van der Waals surface area contributed by atoms with E-state index in [1.807, 2.05) is 42.3 Å². The van der Waals surface area contributed by atoms with Crippen LogP contribution in [-0.4, -0.2) is 295 Å². The summed E-state index contributed by atoms with van der Waals surface area (Å²) in [5.41, 5.74) is -13.8. The van der Waals surface area contributed by atoms with Crippen molar-refractivity contribution in [1.29, 1.82) is 0 Å². The van der Waals surface area contributed by atoms with Crippen LogP contribution in [0.15, 0.2) is 12.2 Å². The molecule has 0 aliphatic carbocycles. The predicted octanol–water partition coefficient (Wildman–Crippen LogP) is 5.93. The number of halogens is 2. The number of imide groups is 1. The van der Waals surface area contributed by atoms with E-state index in [1.54, 1.807) is 12.2 Å². The van der Waals surface area contributed by atoms with Crippen LogP contribution in [0, 0.1) is 74.4 Å². The molecule has 0 saturated carbocycles. The summed E-state index contributed by atoms with van der Waals surface area (Å²) < 4.78 is 109. The van der Waals surface area contributed by atoms with E-state index in [-0.39, 0.29) is 26.1 Å². The Hall–Kier alpha value is -7.43. The van der Waals surface area contributed by atoms with Crippen LogP contribution in [0.3, 0.4) is 0 Å². The normalized spacial score (nSPS) is 20.2. The van der Waals surface area contributed by atoms with Gasteiger partial charge in [0.25, 0.3) is 0 Å². The molecule has 42 heteroatoms. The first kappa shape index (κ1) is 109. The van der Waals surface area contributed by atoms with E-state index in [9.17, 15) is 90.8 Å². The Kier molecular flexibility index (Phi) is 40.7. The zero-order valence-electron chi connectivity index (χ0n) is 73.1. The summed E-state index contributed by atoms with van der Waals surface area (Å²) in [6.07, 6.45) is 8.23. The van der Waals surface area contributed by atoms with E-state index >= 15 is 0 Å². The Morgan fingerprint density at radius 1 is 0.418 bits per heavy atom. The van der Waals surface area contributed by atoms with Gasteiger partial charge in [-0.25, -0.2) is 9.13 Å². The number of nitrogens with zero attached hydrogens (tertiary/aromatic N) is 3. The maximum Gasteiger partial charge on any atom is 0.472 e. The number of rotatable bonds is 57. The lowest BCUT2D eigenvalue weighted by molar-refractivity contribution is -0.870. The SMILES string of the molecule is C#CCOC(=O)C(C)(CCC(C)(C)C(=O)OCC(C)(COC(=O)C(C)(C)CC(C)(CC(C)(CC(C)(Br)C(=O)OCCOP(=O)(O)OCC[N+](C)(C)C)C(=O)OCCOC(=O)CC(C)=O)C(=O)OCC#C)C(=O)OCCN1C(=O)C2C3C=CC(O3)C2C1=O)CC(C)(CC(C)(Br)C(=O)OCCOP(=O)(O)OCC[N+](C)(C)C)C(=O)OCCOC(=O)CC(C)=O. The number of likely N-dealkylation sites (tertiary alicyclic amines) is 1. The molecule has 2 saturated heterocycles. The second-order valence-electron chi connectivity index (χ2n) is 35.6. The number of likely N-dealkylation sites (N-methyl/N-ethyl adjacent to an activating group) is 2. The highest BCUT2D eigenvalue weighted by molar-refractivity contribution is 9.10. The van der Waals surface area contributed by atoms with Gasteiger partial charge in [0.1, 0.15) is 124 Å². The quantitative estimate of drug-likeness (QED) is 0.00681. The summed E-state index contributed by atoms with van der Waals surface area (Å²) >= 11 is 6.72. The topological polar surface area (TPSA) is 482 Å². The number of esters is 11. The lowest BCUT2D eigenvalue weighted by atomic mass is 9.64. The maximum atomic E-state index is 15.0. The van der Waals surface area contributed by atoms with E-state index in [2.05, 4.69) is 43.7 Å². The summed E-state index contributed by atoms with van der Waals surface area (Å²) in [5, 5.41) is 0. The van der Waals surface area contributed by atoms with Crippen molar-refractivity contribution in [2.75, 3.05) is 161 Å². The van der Waals surface area contributed by atoms with Crippen molar-refractivity contribution in [3.8, 4) is 24.7 Å². The maximum absolute atomic E-state index is 15.0. The minimum absolute atomic E-state index is 0.157. The number of Topliss-reactive ketones (excluding diaryl/α,β-unsaturated/α-hetero) is 2. The minimum Gasteiger partial charge on any atom is -0.464 e. The number of alkyl halides is 2. The summed E-state index contributed by atoms with van der Waals surface area (Å²) in [7, 11) is 1.70. The molecule has 0 aromatic rings. The molecule has 0 aromatic carbocycles. The van der Waals surface area contributed by atoms with Crippen LogP contribution in [0.2, 0.25) is 0 Å². The lowest BCUT2D eigenvalue weighted by Crippen LogP contribution is -2.48. The van der Waals surface area contributed by atoms with Crippen molar-refractivity contribution in [1.82, 2.24) is 4.90 Å². The molecule has 0 aromatic heterocycles. The number of phosphoric ester groups is 2. The molecule has 0 radical (unpaired) electrons. The van der Waals surface area contributed by atoms with E-state index < -0.39 is 313 Å². The highest BCUT2D eigenvalue weighted by Gasteiger charge is 2.61. The third-order valence-electron chi connectivity index (χ3n) is 19.8. The van der Waals surface area contributed by atoms with Gasteiger partial charge in [-0.15, -0.1) is 12.8 Å². The average Bonchev–Trinajstić information content (AvgIpc) is 1.57. The number of ether oxygens (including phenoxy) is 12. The van der Waals surface area contributed by atoms with Crippen LogP contribution in [0.25, 0.3) is 0 Å².